The average molecular weight is 388 g/mol. The highest BCUT2D eigenvalue weighted by Crippen LogP contribution is 2.24. The van der Waals surface area contributed by atoms with Crippen molar-refractivity contribution in [1.29, 1.82) is 0 Å². The second kappa shape index (κ2) is 9.91. The number of carbonyl (C=O) groups excluding carboxylic acids is 2. The number of nitrogens with zero attached hydrogens (tertiary/aromatic N) is 2. The van der Waals surface area contributed by atoms with Crippen molar-refractivity contribution in [2.24, 2.45) is 5.92 Å². The second-order valence-corrected chi connectivity index (χ2v) is 7.36. The lowest BCUT2D eigenvalue weighted by Crippen LogP contribution is -2.43. The van der Waals surface area contributed by atoms with Crippen LogP contribution < -0.4 is 15.5 Å². The Labute approximate surface area is 162 Å². The highest BCUT2D eigenvalue weighted by atomic mass is 32.1. The normalized spacial score (nSPS) is 16.6. The number of piperidine rings is 1. The van der Waals surface area contributed by atoms with E-state index in [0.29, 0.717) is 12.5 Å². The van der Waals surface area contributed by atoms with Gasteiger partial charge in [0.2, 0.25) is 5.91 Å². The van der Waals surface area contributed by atoms with Crippen LogP contribution in [-0.4, -0.2) is 43.2 Å². The third-order valence-electron chi connectivity index (χ3n) is 4.40. The molecule has 0 bridgehead atoms. The van der Waals surface area contributed by atoms with Gasteiger partial charge in [-0.25, -0.2) is 9.78 Å². The number of hydrogen-bond acceptors (Lipinski definition) is 6. The molecule has 8 heteroatoms. The molecule has 1 aliphatic rings. The third-order valence-corrected chi connectivity index (χ3v) is 5.23. The minimum Gasteiger partial charge on any atom is -0.445 e. The maximum Gasteiger partial charge on any atom is 0.407 e. The summed E-state index contributed by atoms with van der Waals surface area (Å²) in [5.41, 5.74) is 0.902. The molecule has 2 amide bonds. The van der Waals surface area contributed by atoms with Gasteiger partial charge in [-0.3, -0.25) is 4.79 Å². The molecule has 0 saturated carbocycles. The fourth-order valence-corrected chi connectivity index (χ4v) is 3.70. The van der Waals surface area contributed by atoms with E-state index in [9.17, 15) is 9.59 Å². The maximum absolute atomic E-state index is 12.0. The zero-order valence-corrected chi connectivity index (χ0v) is 15.9. The topological polar surface area (TPSA) is 83.6 Å². The maximum atomic E-state index is 12.0. The van der Waals surface area contributed by atoms with Crippen molar-refractivity contribution >= 4 is 28.5 Å². The van der Waals surface area contributed by atoms with Crippen molar-refractivity contribution < 1.29 is 14.3 Å². The Hall–Kier alpha value is -2.61. The van der Waals surface area contributed by atoms with Crippen molar-refractivity contribution in [2.75, 3.05) is 31.1 Å². The summed E-state index contributed by atoms with van der Waals surface area (Å²) in [4.78, 5) is 30.3. The van der Waals surface area contributed by atoms with Gasteiger partial charge in [0, 0.05) is 31.2 Å². The fourth-order valence-electron chi connectivity index (χ4n) is 3.02. The number of thiazole rings is 1. The van der Waals surface area contributed by atoms with Crippen LogP contribution in [0.2, 0.25) is 0 Å². The summed E-state index contributed by atoms with van der Waals surface area (Å²) in [5.74, 6) is 0.176. The third kappa shape index (κ3) is 6.25. The molecular formula is C19H24N4O3S. The first-order valence-electron chi connectivity index (χ1n) is 9.06. The van der Waals surface area contributed by atoms with Crippen molar-refractivity contribution in [3.05, 3.63) is 47.5 Å². The summed E-state index contributed by atoms with van der Waals surface area (Å²) in [6.07, 6.45) is 3.38. The van der Waals surface area contributed by atoms with E-state index in [-0.39, 0.29) is 19.1 Å². The van der Waals surface area contributed by atoms with Crippen LogP contribution in [0.1, 0.15) is 18.4 Å². The molecule has 1 atom stereocenters. The number of amides is 2. The molecule has 144 valence electrons. The van der Waals surface area contributed by atoms with E-state index < -0.39 is 6.09 Å². The van der Waals surface area contributed by atoms with Crippen LogP contribution in [0, 0.1) is 5.92 Å². The van der Waals surface area contributed by atoms with Crippen molar-refractivity contribution in [2.45, 2.75) is 19.4 Å². The van der Waals surface area contributed by atoms with Crippen LogP contribution in [0.5, 0.6) is 0 Å². The molecule has 2 N–H and O–H groups in total. The standard InChI is InChI=1S/C19H24N4O3S/c24-17(12-22-19(25)26-14-15-5-2-1-3-6-15)21-11-16-7-4-9-23(13-16)18-20-8-10-27-18/h1-3,5-6,8,10,16H,4,7,9,11-14H2,(H,21,24)(H,22,25). The molecule has 7 nitrogen and oxygen atoms in total. The Morgan fingerprint density at radius 2 is 2.11 bits per heavy atom. The van der Waals surface area contributed by atoms with Crippen LogP contribution in [-0.2, 0) is 16.1 Å². The van der Waals surface area contributed by atoms with E-state index in [1.807, 2.05) is 41.9 Å². The number of hydrogen-bond donors (Lipinski definition) is 2. The lowest BCUT2D eigenvalue weighted by atomic mass is 9.98. The van der Waals surface area contributed by atoms with E-state index in [2.05, 4.69) is 20.5 Å². The molecule has 0 spiro atoms. The number of benzene rings is 1. The number of anilines is 1. The highest BCUT2D eigenvalue weighted by Gasteiger charge is 2.22. The Bertz CT molecular complexity index is 724. The number of aromatic nitrogens is 1. The van der Waals surface area contributed by atoms with Gasteiger partial charge in [-0.05, 0) is 24.3 Å². The molecular weight excluding hydrogens is 364 g/mol. The molecule has 1 unspecified atom stereocenters. The largest absolute Gasteiger partial charge is 0.445 e. The first-order chi connectivity index (χ1) is 13.2. The van der Waals surface area contributed by atoms with Gasteiger partial charge in [0.25, 0.3) is 0 Å². The number of ether oxygens (including phenoxy) is 1. The molecule has 0 radical (unpaired) electrons. The minimum atomic E-state index is -0.596. The molecule has 1 aromatic heterocycles. The number of carbonyl (C=O) groups is 2. The van der Waals surface area contributed by atoms with E-state index in [0.717, 1.165) is 36.6 Å². The van der Waals surface area contributed by atoms with Crippen molar-refractivity contribution in [3.63, 3.8) is 0 Å². The van der Waals surface area contributed by atoms with E-state index in [1.165, 1.54) is 0 Å². The fraction of sp³-hybridized carbons (Fsp3) is 0.421. The highest BCUT2D eigenvalue weighted by molar-refractivity contribution is 7.13. The summed E-state index contributed by atoms with van der Waals surface area (Å²) in [7, 11) is 0. The van der Waals surface area contributed by atoms with Gasteiger partial charge in [0.05, 0.1) is 6.54 Å². The SMILES string of the molecule is O=C(CNC(=O)OCc1ccccc1)NCC1CCCN(c2nccs2)C1. The molecule has 27 heavy (non-hydrogen) atoms. The Balaban J connectivity index is 1.31. The summed E-state index contributed by atoms with van der Waals surface area (Å²) in [6.45, 7) is 2.59. The molecule has 1 saturated heterocycles. The summed E-state index contributed by atoms with van der Waals surface area (Å²) < 4.78 is 5.09. The molecule has 0 aliphatic carbocycles. The number of nitrogens with one attached hydrogen (secondary N) is 2. The predicted octanol–water partition coefficient (Wildman–Crippen LogP) is 2.40. The van der Waals surface area contributed by atoms with Crippen LogP contribution in [0.3, 0.4) is 0 Å². The van der Waals surface area contributed by atoms with Gasteiger partial charge in [-0.15, -0.1) is 11.3 Å². The first-order valence-corrected chi connectivity index (χ1v) is 9.94. The lowest BCUT2D eigenvalue weighted by Gasteiger charge is -2.32. The number of alkyl carbamates (subject to hydrolysis) is 1. The van der Waals surface area contributed by atoms with Crippen LogP contribution in [0.4, 0.5) is 9.93 Å². The van der Waals surface area contributed by atoms with Crippen LogP contribution >= 0.6 is 11.3 Å². The van der Waals surface area contributed by atoms with E-state index >= 15 is 0 Å². The molecule has 2 aromatic rings. The van der Waals surface area contributed by atoms with Gasteiger partial charge in [0.1, 0.15) is 6.61 Å². The van der Waals surface area contributed by atoms with Gasteiger partial charge in [0.15, 0.2) is 5.13 Å². The smallest absolute Gasteiger partial charge is 0.407 e. The summed E-state index contributed by atoms with van der Waals surface area (Å²) in [5, 5.41) is 8.39. The summed E-state index contributed by atoms with van der Waals surface area (Å²) in [6, 6.07) is 9.41. The van der Waals surface area contributed by atoms with Crippen molar-refractivity contribution in [1.82, 2.24) is 15.6 Å². The molecule has 1 fully saturated rings. The number of rotatable bonds is 7. The minimum absolute atomic E-state index is 0.0868. The molecule has 3 rings (SSSR count). The average Bonchev–Trinajstić information content (AvgIpc) is 3.25. The molecule has 2 heterocycles. The zero-order valence-electron chi connectivity index (χ0n) is 15.1. The predicted molar refractivity (Wildman–Crippen MR) is 105 cm³/mol. The van der Waals surface area contributed by atoms with Crippen molar-refractivity contribution in [3.8, 4) is 0 Å². The van der Waals surface area contributed by atoms with Crippen LogP contribution in [0.25, 0.3) is 0 Å². The zero-order chi connectivity index (χ0) is 18.9. The Morgan fingerprint density at radius 1 is 1.26 bits per heavy atom. The first kappa shape index (κ1) is 19.2. The quantitative estimate of drug-likeness (QED) is 0.761. The summed E-state index contributed by atoms with van der Waals surface area (Å²) >= 11 is 1.64. The van der Waals surface area contributed by atoms with Crippen LogP contribution in [0.15, 0.2) is 41.9 Å². The Morgan fingerprint density at radius 3 is 2.89 bits per heavy atom. The van der Waals surface area contributed by atoms with Gasteiger partial charge in [-0.2, -0.15) is 0 Å². The van der Waals surface area contributed by atoms with E-state index in [1.54, 1.807) is 11.3 Å². The van der Waals surface area contributed by atoms with Gasteiger partial charge < -0.3 is 20.3 Å². The second-order valence-electron chi connectivity index (χ2n) is 6.49. The Kier molecular flexibility index (Phi) is 7.04. The monoisotopic (exact) mass is 388 g/mol. The molecule has 1 aromatic carbocycles. The van der Waals surface area contributed by atoms with Gasteiger partial charge in [-0.1, -0.05) is 30.3 Å². The lowest BCUT2D eigenvalue weighted by molar-refractivity contribution is -0.120. The van der Waals surface area contributed by atoms with E-state index in [4.69, 9.17) is 4.74 Å². The van der Waals surface area contributed by atoms with Gasteiger partial charge >= 0.3 is 6.09 Å². The molecule has 1 aliphatic heterocycles.